The van der Waals surface area contributed by atoms with Crippen LogP contribution in [0.5, 0.6) is 11.5 Å². The molecule has 0 bridgehead atoms. The molecule has 0 saturated heterocycles. The van der Waals surface area contributed by atoms with E-state index in [-0.39, 0.29) is 6.42 Å². The zero-order valence-corrected chi connectivity index (χ0v) is 15.3. The van der Waals surface area contributed by atoms with E-state index >= 15 is 0 Å². The van der Waals surface area contributed by atoms with E-state index in [1.807, 2.05) is 60.7 Å². The van der Waals surface area contributed by atoms with Gasteiger partial charge in [-0.1, -0.05) is 66.7 Å². The lowest BCUT2D eigenvalue weighted by Gasteiger charge is -2.15. The van der Waals surface area contributed by atoms with Crippen molar-refractivity contribution in [3.8, 4) is 11.5 Å². The topological polar surface area (TPSA) is 76.0 Å². The molecular formula is C23H22O5. The Labute approximate surface area is 163 Å². The molecule has 1 atom stereocenters. The van der Waals surface area contributed by atoms with Gasteiger partial charge in [-0.25, -0.2) is 4.79 Å². The van der Waals surface area contributed by atoms with E-state index in [1.54, 1.807) is 18.2 Å². The van der Waals surface area contributed by atoms with Gasteiger partial charge in [0.15, 0.2) is 17.6 Å². The van der Waals surface area contributed by atoms with Crippen LogP contribution in [0.4, 0.5) is 0 Å². The standard InChI is InChI=1S/C23H22O5/c24-20(23(25)26)13-19-11-12-21(27-15-17-7-3-1-4-8-17)22(14-19)28-16-18-9-5-2-6-10-18/h1-12,14,20,24H,13,15-16H2,(H,25,26)/t20-/m0/s1. The van der Waals surface area contributed by atoms with E-state index < -0.39 is 12.1 Å². The van der Waals surface area contributed by atoms with Gasteiger partial charge in [0, 0.05) is 6.42 Å². The Bertz CT molecular complexity index is 893. The molecule has 3 aromatic rings. The van der Waals surface area contributed by atoms with Crippen LogP contribution in [0, 0.1) is 0 Å². The van der Waals surface area contributed by atoms with Crippen LogP contribution in [0.3, 0.4) is 0 Å². The third-order valence-corrected chi connectivity index (χ3v) is 4.20. The van der Waals surface area contributed by atoms with Gasteiger partial charge in [-0.15, -0.1) is 0 Å². The second-order valence-electron chi connectivity index (χ2n) is 6.39. The van der Waals surface area contributed by atoms with Crippen molar-refractivity contribution in [3.05, 3.63) is 95.6 Å². The Balaban J connectivity index is 1.76. The summed E-state index contributed by atoms with van der Waals surface area (Å²) in [5.74, 6) is -0.181. The first-order valence-electron chi connectivity index (χ1n) is 8.99. The monoisotopic (exact) mass is 378 g/mol. The first-order chi connectivity index (χ1) is 13.6. The molecule has 0 radical (unpaired) electrons. The second-order valence-corrected chi connectivity index (χ2v) is 6.39. The Morgan fingerprint density at radius 2 is 1.29 bits per heavy atom. The van der Waals surface area contributed by atoms with Crippen LogP contribution in [0.1, 0.15) is 16.7 Å². The summed E-state index contributed by atoms with van der Waals surface area (Å²) in [4.78, 5) is 10.9. The molecule has 0 fully saturated rings. The summed E-state index contributed by atoms with van der Waals surface area (Å²) >= 11 is 0. The predicted octanol–water partition coefficient (Wildman–Crippen LogP) is 3.83. The van der Waals surface area contributed by atoms with Crippen molar-refractivity contribution >= 4 is 5.97 Å². The highest BCUT2D eigenvalue weighted by Gasteiger charge is 2.16. The van der Waals surface area contributed by atoms with Gasteiger partial charge in [-0.3, -0.25) is 0 Å². The molecule has 144 valence electrons. The summed E-state index contributed by atoms with van der Waals surface area (Å²) in [6, 6.07) is 24.7. The number of aliphatic carboxylic acids is 1. The molecule has 28 heavy (non-hydrogen) atoms. The zero-order valence-electron chi connectivity index (χ0n) is 15.3. The van der Waals surface area contributed by atoms with Crippen molar-refractivity contribution < 1.29 is 24.5 Å². The lowest BCUT2D eigenvalue weighted by molar-refractivity contribution is -0.146. The van der Waals surface area contributed by atoms with Gasteiger partial charge < -0.3 is 19.7 Å². The molecule has 2 N–H and O–H groups in total. The summed E-state index contributed by atoms with van der Waals surface area (Å²) in [6.07, 6.45) is -1.46. The predicted molar refractivity (Wildman–Crippen MR) is 105 cm³/mol. The number of ether oxygens (including phenoxy) is 2. The molecule has 5 heteroatoms. The summed E-state index contributed by atoms with van der Waals surface area (Å²) in [5.41, 5.74) is 2.69. The van der Waals surface area contributed by atoms with Gasteiger partial charge in [0.25, 0.3) is 0 Å². The van der Waals surface area contributed by atoms with Crippen LogP contribution in [-0.2, 0) is 24.4 Å². The van der Waals surface area contributed by atoms with E-state index in [9.17, 15) is 9.90 Å². The van der Waals surface area contributed by atoms with Gasteiger partial charge in [0.1, 0.15) is 13.2 Å². The summed E-state index contributed by atoms with van der Waals surface area (Å²) in [5, 5.41) is 18.6. The average Bonchev–Trinajstić information content (AvgIpc) is 2.73. The van der Waals surface area contributed by atoms with E-state index in [0.29, 0.717) is 30.3 Å². The van der Waals surface area contributed by atoms with Crippen LogP contribution in [0.15, 0.2) is 78.9 Å². The maximum absolute atomic E-state index is 10.9. The van der Waals surface area contributed by atoms with Crippen LogP contribution >= 0.6 is 0 Å². The Hall–Kier alpha value is -3.31. The van der Waals surface area contributed by atoms with Crippen molar-refractivity contribution in [1.29, 1.82) is 0 Å². The lowest BCUT2D eigenvalue weighted by atomic mass is 10.1. The number of aliphatic hydroxyl groups excluding tert-OH is 1. The number of rotatable bonds is 9. The number of aliphatic hydroxyl groups is 1. The quantitative estimate of drug-likeness (QED) is 0.592. The molecule has 0 aromatic heterocycles. The number of carboxylic acids is 1. The van der Waals surface area contributed by atoms with Gasteiger partial charge >= 0.3 is 5.97 Å². The van der Waals surface area contributed by atoms with Crippen molar-refractivity contribution in [2.75, 3.05) is 0 Å². The van der Waals surface area contributed by atoms with Crippen molar-refractivity contribution in [2.45, 2.75) is 25.7 Å². The van der Waals surface area contributed by atoms with Gasteiger partial charge in [0.05, 0.1) is 0 Å². The number of carbonyl (C=O) groups is 1. The van der Waals surface area contributed by atoms with E-state index in [0.717, 1.165) is 11.1 Å². The number of hydrogen-bond acceptors (Lipinski definition) is 4. The molecule has 0 aliphatic carbocycles. The van der Waals surface area contributed by atoms with Crippen LogP contribution in [0.25, 0.3) is 0 Å². The minimum atomic E-state index is -1.46. The minimum absolute atomic E-state index is 0.00397. The molecule has 3 rings (SSSR count). The first-order valence-corrected chi connectivity index (χ1v) is 8.99. The number of hydrogen-bond donors (Lipinski definition) is 2. The highest BCUT2D eigenvalue weighted by Crippen LogP contribution is 2.30. The van der Waals surface area contributed by atoms with E-state index in [2.05, 4.69) is 0 Å². The van der Waals surface area contributed by atoms with Crippen molar-refractivity contribution in [2.24, 2.45) is 0 Å². The smallest absolute Gasteiger partial charge is 0.332 e. The molecule has 0 heterocycles. The highest BCUT2D eigenvalue weighted by atomic mass is 16.5. The maximum Gasteiger partial charge on any atom is 0.332 e. The molecule has 3 aromatic carbocycles. The second kappa shape index (κ2) is 9.58. The Morgan fingerprint density at radius 1 is 0.750 bits per heavy atom. The highest BCUT2D eigenvalue weighted by molar-refractivity contribution is 5.72. The SMILES string of the molecule is O=C(O)[C@@H](O)Cc1ccc(OCc2ccccc2)c(OCc2ccccc2)c1. The summed E-state index contributed by atoms with van der Waals surface area (Å²) in [7, 11) is 0. The Kier molecular flexibility index (Phi) is 6.65. The van der Waals surface area contributed by atoms with Crippen LogP contribution < -0.4 is 9.47 Å². The normalized spacial score (nSPS) is 11.6. The lowest BCUT2D eigenvalue weighted by Crippen LogP contribution is -2.21. The third-order valence-electron chi connectivity index (χ3n) is 4.20. The molecular weight excluding hydrogens is 356 g/mol. The fourth-order valence-corrected chi connectivity index (χ4v) is 2.69. The average molecular weight is 378 g/mol. The van der Waals surface area contributed by atoms with E-state index in [1.165, 1.54) is 0 Å². The van der Waals surface area contributed by atoms with Crippen LogP contribution in [-0.4, -0.2) is 22.3 Å². The summed E-state index contributed by atoms with van der Waals surface area (Å²) < 4.78 is 11.9. The maximum atomic E-state index is 10.9. The summed E-state index contributed by atoms with van der Waals surface area (Å²) in [6.45, 7) is 0.743. The van der Waals surface area contributed by atoms with Gasteiger partial charge in [-0.05, 0) is 28.8 Å². The fraction of sp³-hybridized carbons (Fsp3) is 0.174. The molecule has 0 amide bonds. The van der Waals surface area contributed by atoms with Crippen molar-refractivity contribution in [3.63, 3.8) is 0 Å². The van der Waals surface area contributed by atoms with Crippen molar-refractivity contribution in [1.82, 2.24) is 0 Å². The first kappa shape index (κ1) is 19.5. The fourth-order valence-electron chi connectivity index (χ4n) is 2.69. The molecule has 0 saturated carbocycles. The number of benzene rings is 3. The Morgan fingerprint density at radius 3 is 1.82 bits per heavy atom. The van der Waals surface area contributed by atoms with Gasteiger partial charge in [-0.2, -0.15) is 0 Å². The molecule has 0 spiro atoms. The number of carboxylic acid groups (broad SMARTS) is 1. The zero-order chi connectivity index (χ0) is 19.8. The largest absolute Gasteiger partial charge is 0.485 e. The van der Waals surface area contributed by atoms with Gasteiger partial charge in [0.2, 0.25) is 0 Å². The molecule has 0 aliphatic rings. The van der Waals surface area contributed by atoms with Crippen LogP contribution in [0.2, 0.25) is 0 Å². The van der Waals surface area contributed by atoms with E-state index in [4.69, 9.17) is 14.6 Å². The molecule has 5 nitrogen and oxygen atoms in total. The molecule has 0 aliphatic heterocycles. The molecule has 0 unspecified atom stereocenters. The minimum Gasteiger partial charge on any atom is -0.485 e. The third kappa shape index (κ3) is 5.59.